The van der Waals surface area contributed by atoms with Crippen LogP contribution in [0.5, 0.6) is 0 Å². The van der Waals surface area contributed by atoms with Gasteiger partial charge in [0.15, 0.2) is 0 Å². The molecule has 0 amide bonds. The Morgan fingerprint density at radius 3 is 2.50 bits per heavy atom. The van der Waals surface area contributed by atoms with Crippen molar-refractivity contribution in [1.82, 2.24) is 14.5 Å². The highest BCUT2D eigenvalue weighted by Crippen LogP contribution is 1.90. The molecule has 78 valence electrons. The monoisotopic (exact) mass is 197 g/mol. The van der Waals surface area contributed by atoms with Crippen molar-refractivity contribution in [2.45, 2.75) is 6.42 Å². The first-order valence-corrected chi connectivity index (χ1v) is 4.48. The van der Waals surface area contributed by atoms with Crippen LogP contribution < -0.4 is 16.6 Å². The molecule has 0 saturated carbocycles. The Hall–Kier alpha value is -1.36. The lowest BCUT2D eigenvalue weighted by Crippen LogP contribution is -2.38. The van der Waals surface area contributed by atoms with Gasteiger partial charge in [-0.3, -0.25) is 9.36 Å². The summed E-state index contributed by atoms with van der Waals surface area (Å²) in [6, 6.07) is 1.50. The van der Waals surface area contributed by atoms with Gasteiger partial charge in [-0.25, -0.2) is 4.79 Å². The van der Waals surface area contributed by atoms with Crippen LogP contribution in [0.15, 0.2) is 15.7 Å². The van der Waals surface area contributed by atoms with Gasteiger partial charge in [0, 0.05) is 38.8 Å². The highest BCUT2D eigenvalue weighted by Gasteiger charge is 2.04. The average molecular weight is 197 g/mol. The molecule has 1 N–H and O–H groups in total. The average Bonchev–Trinajstić information content (AvgIpc) is 2.18. The standard InChI is InChI=1S/C9H15N3O2/c1-10-5-4-7-6-8(13)12(3)9(14)11(7)2/h6,10H,4-5H2,1-3H3. The second-order valence-corrected chi connectivity index (χ2v) is 3.23. The molecule has 0 unspecified atom stereocenters. The molecule has 5 heteroatoms. The molecule has 1 aromatic rings. The van der Waals surface area contributed by atoms with Crippen LogP contribution in [0.3, 0.4) is 0 Å². The number of aromatic nitrogens is 2. The Bertz CT molecular complexity index is 431. The first kappa shape index (κ1) is 10.7. The third kappa shape index (κ3) is 1.93. The number of rotatable bonds is 3. The van der Waals surface area contributed by atoms with Gasteiger partial charge in [0.1, 0.15) is 0 Å². The Morgan fingerprint density at radius 2 is 1.93 bits per heavy atom. The Balaban J connectivity index is 3.20. The van der Waals surface area contributed by atoms with Crippen molar-refractivity contribution < 1.29 is 0 Å². The van der Waals surface area contributed by atoms with E-state index in [1.807, 2.05) is 7.05 Å². The zero-order valence-electron chi connectivity index (χ0n) is 8.70. The van der Waals surface area contributed by atoms with Crippen molar-refractivity contribution in [2.75, 3.05) is 13.6 Å². The van der Waals surface area contributed by atoms with Crippen molar-refractivity contribution in [2.24, 2.45) is 14.1 Å². The molecule has 1 rings (SSSR count). The summed E-state index contributed by atoms with van der Waals surface area (Å²) in [6.45, 7) is 0.750. The summed E-state index contributed by atoms with van der Waals surface area (Å²) in [4.78, 5) is 22.8. The molecule has 0 spiro atoms. The molecule has 1 heterocycles. The molecule has 0 saturated heterocycles. The molecule has 0 fully saturated rings. The minimum absolute atomic E-state index is 0.251. The van der Waals surface area contributed by atoms with Crippen molar-refractivity contribution in [3.63, 3.8) is 0 Å². The van der Waals surface area contributed by atoms with E-state index >= 15 is 0 Å². The quantitative estimate of drug-likeness (QED) is 0.665. The van der Waals surface area contributed by atoms with Gasteiger partial charge < -0.3 is 9.88 Å². The predicted octanol–water partition coefficient (Wildman–Crippen LogP) is -1.15. The molecule has 0 aliphatic carbocycles. The highest BCUT2D eigenvalue weighted by atomic mass is 16.2. The topological polar surface area (TPSA) is 56.0 Å². The largest absolute Gasteiger partial charge is 0.330 e. The maximum atomic E-state index is 11.5. The first-order chi connectivity index (χ1) is 6.57. The SMILES string of the molecule is CNCCc1cc(=O)n(C)c(=O)n1C. The van der Waals surface area contributed by atoms with E-state index in [4.69, 9.17) is 0 Å². The van der Waals surface area contributed by atoms with Crippen LogP contribution in [0.4, 0.5) is 0 Å². The Morgan fingerprint density at radius 1 is 1.29 bits per heavy atom. The third-order valence-corrected chi connectivity index (χ3v) is 2.26. The van der Waals surface area contributed by atoms with Gasteiger partial charge in [-0.15, -0.1) is 0 Å². The van der Waals surface area contributed by atoms with Gasteiger partial charge in [0.2, 0.25) is 0 Å². The normalized spacial score (nSPS) is 10.5. The Kier molecular flexibility index (Phi) is 3.24. The van der Waals surface area contributed by atoms with Crippen LogP contribution in [0.2, 0.25) is 0 Å². The van der Waals surface area contributed by atoms with Gasteiger partial charge in [-0.2, -0.15) is 0 Å². The van der Waals surface area contributed by atoms with E-state index in [9.17, 15) is 9.59 Å². The van der Waals surface area contributed by atoms with Crippen molar-refractivity contribution in [1.29, 1.82) is 0 Å². The lowest BCUT2D eigenvalue weighted by Gasteiger charge is -2.08. The lowest BCUT2D eigenvalue weighted by molar-refractivity contribution is 0.636. The highest BCUT2D eigenvalue weighted by molar-refractivity contribution is 5.02. The number of hydrogen-bond acceptors (Lipinski definition) is 3. The zero-order valence-corrected chi connectivity index (χ0v) is 8.70. The van der Waals surface area contributed by atoms with Crippen LogP contribution >= 0.6 is 0 Å². The van der Waals surface area contributed by atoms with Crippen molar-refractivity contribution in [3.05, 3.63) is 32.6 Å². The summed E-state index contributed by atoms with van der Waals surface area (Å²) in [6.07, 6.45) is 0.679. The maximum absolute atomic E-state index is 11.5. The summed E-state index contributed by atoms with van der Waals surface area (Å²) in [5.74, 6) is 0. The number of likely N-dealkylation sites (N-methyl/N-ethyl adjacent to an activating group) is 1. The molecule has 0 atom stereocenters. The van der Waals surface area contributed by atoms with E-state index in [-0.39, 0.29) is 11.2 Å². The number of hydrogen-bond donors (Lipinski definition) is 1. The van der Waals surface area contributed by atoms with Crippen LogP contribution in [0, 0.1) is 0 Å². The van der Waals surface area contributed by atoms with Crippen LogP contribution in [0.25, 0.3) is 0 Å². The number of nitrogens with zero attached hydrogens (tertiary/aromatic N) is 2. The lowest BCUT2D eigenvalue weighted by atomic mass is 10.3. The molecule has 0 bridgehead atoms. The van der Waals surface area contributed by atoms with E-state index in [1.165, 1.54) is 17.7 Å². The summed E-state index contributed by atoms with van der Waals surface area (Å²) in [5.41, 5.74) is 0.232. The summed E-state index contributed by atoms with van der Waals surface area (Å²) in [7, 11) is 4.98. The molecule has 0 aliphatic rings. The number of nitrogens with one attached hydrogen (secondary N) is 1. The molecular weight excluding hydrogens is 182 g/mol. The maximum Gasteiger partial charge on any atom is 0.330 e. The summed E-state index contributed by atoms with van der Waals surface area (Å²) in [5, 5.41) is 2.97. The second-order valence-electron chi connectivity index (χ2n) is 3.23. The zero-order chi connectivity index (χ0) is 10.7. The molecule has 0 radical (unpaired) electrons. The summed E-state index contributed by atoms with van der Waals surface area (Å²) < 4.78 is 2.60. The first-order valence-electron chi connectivity index (χ1n) is 4.48. The van der Waals surface area contributed by atoms with Gasteiger partial charge in [-0.1, -0.05) is 0 Å². The fraction of sp³-hybridized carbons (Fsp3) is 0.556. The molecule has 0 aromatic carbocycles. The molecule has 14 heavy (non-hydrogen) atoms. The molecular formula is C9H15N3O2. The van der Waals surface area contributed by atoms with Crippen molar-refractivity contribution >= 4 is 0 Å². The van der Waals surface area contributed by atoms with E-state index < -0.39 is 0 Å². The van der Waals surface area contributed by atoms with E-state index in [1.54, 1.807) is 7.05 Å². The van der Waals surface area contributed by atoms with Gasteiger partial charge >= 0.3 is 5.69 Å². The van der Waals surface area contributed by atoms with Crippen LogP contribution in [-0.2, 0) is 20.5 Å². The van der Waals surface area contributed by atoms with E-state index in [0.717, 1.165) is 16.8 Å². The van der Waals surface area contributed by atoms with Crippen LogP contribution in [0.1, 0.15) is 5.69 Å². The van der Waals surface area contributed by atoms with E-state index in [2.05, 4.69) is 5.32 Å². The smallest absolute Gasteiger partial charge is 0.319 e. The van der Waals surface area contributed by atoms with Gasteiger partial charge in [0.05, 0.1) is 0 Å². The van der Waals surface area contributed by atoms with Gasteiger partial charge in [0.25, 0.3) is 5.56 Å². The van der Waals surface area contributed by atoms with E-state index in [0.29, 0.717) is 6.42 Å². The molecule has 0 aliphatic heterocycles. The molecule has 5 nitrogen and oxygen atoms in total. The third-order valence-electron chi connectivity index (χ3n) is 2.26. The minimum Gasteiger partial charge on any atom is -0.319 e. The fourth-order valence-electron chi connectivity index (χ4n) is 1.27. The molecule has 1 aromatic heterocycles. The Labute approximate surface area is 82.0 Å². The summed E-state index contributed by atoms with van der Waals surface area (Å²) >= 11 is 0. The van der Waals surface area contributed by atoms with Gasteiger partial charge in [-0.05, 0) is 7.05 Å². The van der Waals surface area contributed by atoms with Crippen molar-refractivity contribution in [3.8, 4) is 0 Å². The second kappa shape index (κ2) is 4.23. The predicted molar refractivity (Wildman–Crippen MR) is 54.6 cm³/mol. The minimum atomic E-state index is -0.274. The fourth-order valence-corrected chi connectivity index (χ4v) is 1.27. The van der Waals surface area contributed by atoms with Crippen LogP contribution in [-0.4, -0.2) is 22.7 Å².